The van der Waals surface area contributed by atoms with Crippen molar-refractivity contribution >= 4 is 17.3 Å². The fourth-order valence-electron chi connectivity index (χ4n) is 3.20. The molecule has 20 heavy (non-hydrogen) atoms. The van der Waals surface area contributed by atoms with Crippen LogP contribution >= 0.6 is 0 Å². The van der Waals surface area contributed by atoms with Crippen molar-refractivity contribution in [2.75, 3.05) is 0 Å². The van der Waals surface area contributed by atoms with Crippen LogP contribution in [-0.4, -0.2) is 27.1 Å². The first-order chi connectivity index (χ1) is 9.66. The quantitative estimate of drug-likeness (QED) is 0.625. The molecule has 1 heterocycles. The Labute approximate surface area is 117 Å². The van der Waals surface area contributed by atoms with Crippen molar-refractivity contribution in [3.8, 4) is 0 Å². The second kappa shape index (κ2) is 5.31. The monoisotopic (exact) mass is 274 g/mol. The van der Waals surface area contributed by atoms with Crippen molar-refractivity contribution < 1.29 is 14.4 Å². The van der Waals surface area contributed by atoms with E-state index in [2.05, 4.69) is 5.10 Å². The number of carbonyl (C=O) groups excluding carboxylic acids is 3. The molecular formula is C15H18N2O3. The molecule has 0 bridgehead atoms. The van der Waals surface area contributed by atoms with Crippen LogP contribution in [0, 0.1) is 5.92 Å². The van der Waals surface area contributed by atoms with E-state index in [1.54, 1.807) is 6.20 Å². The fraction of sp³-hybridized carbons (Fsp3) is 0.600. The number of ketones is 3. The van der Waals surface area contributed by atoms with Crippen LogP contribution in [0.25, 0.3) is 0 Å². The molecule has 5 heteroatoms. The third-order valence-corrected chi connectivity index (χ3v) is 4.34. The highest BCUT2D eigenvalue weighted by atomic mass is 16.2. The zero-order valence-corrected chi connectivity index (χ0v) is 11.4. The lowest BCUT2D eigenvalue weighted by atomic mass is 9.82. The van der Waals surface area contributed by atoms with Crippen LogP contribution in [0.3, 0.4) is 0 Å². The molecule has 0 unspecified atom stereocenters. The van der Waals surface area contributed by atoms with Crippen LogP contribution in [0.2, 0.25) is 0 Å². The molecule has 0 aromatic carbocycles. The minimum Gasteiger partial charge on any atom is -0.298 e. The van der Waals surface area contributed by atoms with Gasteiger partial charge in [0.15, 0.2) is 17.3 Å². The van der Waals surface area contributed by atoms with Gasteiger partial charge in [-0.25, -0.2) is 0 Å². The van der Waals surface area contributed by atoms with Gasteiger partial charge in [-0.2, -0.15) is 5.10 Å². The number of hydrogen-bond donors (Lipinski definition) is 0. The predicted molar refractivity (Wildman–Crippen MR) is 71.4 cm³/mol. The van der Waals surface area contributed by atoms with Gasteiger partial charge in [-0.05, 0) is 19.3 Å². The van der Waals surface area contributed by atoms with Gasteiger partial charge in [0.2, 0.25) is 0 Å². The normalized spacial score (nSPS) is 21.6. The van der Waals surface area contributed by atoms with E-state index < -0.39 is 5.92 Å². The Morgan fingerprint density at radius 1 is 1.10 bits per heavy atom. The molecule has 1 aromatic heterocycles. The summed E-state index contributed by atoms with van der Waals surface area (Å²) in [4.78, 5) is 36.0. The van der Waals surface area contributed by atoms with Gasteiger partial charge in [0, 0.05) is 19.0 Å². The number of carbonyl (C=O) groups is 3. The van der Waals surface area contributed by atoms with Crippen LogP contribution in [0.4, 0.5) is 0 Å². The molecule has 0 radical (unpaired) electrons. The molecule has 0 N–H and O–H groups in total. The maximum absolute atomic E-state index is 12.4. The maximum Gasteiger partial charge on any atom is 0.183 e. The number of rotatable bonds is 3. The number of aromatic nitrogens is 2. The summed E-state index contributed by atoms with van der Waals surface area (Å²) in [5, 5.41) is 4.24. The van der Waals surface area contributed by atoms with Gasteiger partial charge in [-0.1, -0.05) is 12.8 Å². The van der Waals surface area contributed by atoms with Crippen LogP contribution in [0.15, 0.2) is 12.4 Å². The minimum absolute atomic E-state index is 0.236. The van der Waals surface area contributed by atoms with E-state index >= 15 is 0 Å². The van der Waals surface area contributed by atoms with Gasteiger partial charge in [0.1, 0.15) is 5.92 Å². The van der Waals surface area contributed by atoms with Crippen molar-refractivity contribution in [3.63, 3.8) is 0 Å². The summed E-state index contributed by atoms with van der Waals surface area (Å²) < 4.78 is 1.82. The minimum atomic E-state index is -1.08. The lowest BCUT2D eigenvalue weighted by Crippen LogP contribution is -2.35. The standard InChI is InChI=1S/C15H18N2O3/c18-12-6-3-7-13(19)14(12)15(20)10-8-16-17(9-10)11-4-1-2-5-11/h8-9,11,14H,1-7H2. The predicted octanol–water partition coefficient (Wildman–Crippen LogP) is 2.12. The van der Waals surface area contributed by atoms with Crippen molar-refractivity contribution in [2.24, 2.45) is 5.92 Å². The lowest BCUT2D eigenvalue weighted by molar-refractivity contribution is -0.133. The van der Waals surface area contributed by atoms with E-state index in [0.29, 0.717) is 30.9 Å². The molecule has 2 fully saturated rings. The van der Waals surface area contributed by atoms with E-state index in [1.807, 2.05) is 4.68 Å². The smallest absolute Gasteiger partial charge is 0.183 e. The third-order valence-electron chi connectivity index (χ3n) is 4.34. The van der Waals surface area contributed by atoms with Crippen molar-refractivity contribution in [1.82, 2.24) is 9.78 Å². The first-order valence-electron chi connectivity index (χ1n) is 7.30. The third kappa shape index (κ3) is 2.32. The zero-order valence-electron chi connectivity index (χ0n) is 11.4. The molecule has 0 atom stereocenters. The second-order valence-corrected chi connectivity index (χ2v) is 5.73. The Kier molecular flexibility index (Phi) is 3.51. The van der Waals surface area contributed by atoms with Gasteiger partial charge in [0.05, 0.1) is 17.8 Å². The topological polar surface area (TPSA) is 69.0 Å². The van der Waals surface area contributed by atoms with Crippen LogP contribution in [0.5, 0.6) is 0 Å². The average Bonchev–Trinajstić information content (AvgIpc) is 3.09. The molecule has 106 valence electrons. The van der Waals surface area contributed by atoms with Gasteiger partial charge in [-0.15, -0.1) is 0 Å². The second-order valence-electron chi connectivity index (χ2n) is 5.73. The molecule has 3 rings (SSSR count). The first kappa shape index (κ1) is 13.2. The van der Waals surface area contributed by atoms with E-state index in [4.69, 9.17) is 0 Å². The summed E-state index contributed by atoms with van der Waals surface area (Å²) in [6.07, 6.45) is 8.97. The molecule has 0 aliphatic heterocycles. The van der Waals surface area contributed by atoms with Crippen molar-refractivity contribution in [3.05, 3.63) is 18.0 Å². The highest BCUT2D eigenvalue weighted by Crippen LogP contribution is 2.29. The summed E-state index contributed by atoms with van der Waals surface area (Å²) >= 11 is 0. The number of hydrogen-bond acceptors (Lipinski definition) is 4. The largest absolute Gasteiger partial charge is 0.298 e. The molecule has 5 nitrogen and oxygen atoms in total. The molecule has 2 saturated carbocycles. The molecule has 2 aliphatic carbocycles. The van der Waals surface area contributed by atoms with Gasteiger partial charge < -0.3 is 0 Å². The number of Topliss-reactive ketones (excluding diaryl/α,β-unsaturated/α-hetero) is 3. The molecule has 2 aliphatic rings. The number of nitrogens with zero attached hydrogens (tertiary/aromatic N) is 2. The van der Waals surface area contributed by atoms with Gasteiger partial charge in [-0.3, -0.25) is 19.1 Å². The molecule has 1 aromatic rings. The Hall–Kier alpha value is -1.78. The fourth-order valence-corrected chi connectivity index (χ4v) is 3.20. The lowest BCUT2D eigenvalue weighted by Gasteiger charge is -2.17. The van der Waals surface area contributed by atoms with Gasteiger partial charge in [0.25, 0.3) is 0 Å². The summed E-state index contributed by atoms with van der Waals surface area (Å²) in [6.45, 7) is 0. The Morgan fingerprint density at radius 3 is 2.40 bits per heavy atom. The molecule has 0 saturated heterocycles. The highest BCUT2D eigenvalue weighted by Gasteiger charge is 2.37. The summed E-state index contributed by atoms with van der Waals surface area (Å²) in [7, 11) is 0. The summed E-state index contributed by atoms with van der Waals surface area (Å²) in [5.41, 5.74) is 0.394. The van der Waals surface area contributed by atoms with Gasteiger partial charge >= 0.3 is 0 Å². The van der Waals surface area contributed by atoms with Crippen LogP contribution in [0.1, 0.15) is 61.3 Å². The zero-order chi connectivity index (χ0) is 14.1. The summed E-state index contributed by atoms with van der Waals surface area (Å²) in [5.74, 6) is -1.92. The van der Waals surface area contributed by atoms with Crippen molar-refractivity contribution in [1.29, 1.82) is 0 Å². The van der Waals surface area contributed by atoms with Crippen LogP contribution < -0.4 is 0 Å². The van der Waals surface area contributed by atoms with E-state index in [9.17, 15) is 14.4 Å². The maximum atomic E-state index is 12.4. The Bertz CT molecular complexity index is 539. The summed E-state index contributed by atoms with van der Waals surface area (Å²) in [6, 6.07) is 0.356. The SMILES string of the molecule is O=C1CCCC(=O)C1C(=O)c1cnn(C2CCCC2)c1. The molecular weight excluding hydrogens is 256 g/mol. The first-order valence-corrected chi connectivity index (χ1v) is 7.30. The molecule has 0 amide bonds. The van der Waals surface area contributed by atoms with Crippen LogP contribution in [-0.2, 0) is 9.59 Å². The molecule has 0 spiro atoms. The Morgan fingerprint density at radius 2 is 1.75 bits per heavy atom. The average molecular weight is 274 g/mol. The van der Waals surface area contributed by atoms with E-state index in [0.717, 1.165) is 12.8 Å². The van der Waals surface area contributed by atoms with Crippen molar-refractivity contribution in [2.45, 2.75) is 51.0 Å². The van der Waals surface area contributed by atoms with E-state index in [1.165, 1.54) is 19.0 Å². The van der Waals surface area contributed by atoms with E-state index in [-0.39, 0.29) is 17.3 Å². The Balaban J connectivity index is 1.79. The highest BCUT2D eigenvalue weighted by molar-refractivity contribution is 6.24.